The standard InChI is InChI=1S/C17H21N3O3/c1-10(2)15-13(16(21)19-12(4)17(22)23)9-18-20(15)14-8-6-5-7-11(14)3/h5-10,12H,1-4H3,(H,19,21)(H,22,23)/t12-/m0/s1. The van der Waals surface area contributed by atoms with Crippen LogP contribution in [0.4, 0.5) is 0 Å². The fourth-order valence-corrected chi connectivity index (χ4v) is 2.42. The molecule has 6 nitrogen and oxygen atoms in total. The summed E-state index contributed by atoms with van der Waals surface area (Å²) in [6.07, 6.45) is 1.49. The minimum atomic E-state index is -1.07. The van der Waals surface area contributed by atoms with Gasteiger partial charge in [-0.1, -0.05) is 32.0 Å². The van der Waals surface area contributed by atoms with E-state index in [0.29, 0.717) is 5.56 Å². The second-order valence-corrected chi connectivity index (χ2v) is 5.83. The van der Waals surface area contributed by atoms with E-state index in [0.717, 1.165) is 16.9 Å². The first kappa shape index (κ1) is 16.7. The first-order valence-electron chi connectivity index (χ1n) is 7.50. The number of nitrogens with one attached hydrogen (secondary N) is 1. The number of aryl methyl sites for hydroxylation is 1. The number of benzene rings is 1. The number of hydrogen-bond acceptors (Lipinski definition) is 3. The van der Waals surface area contributed by atoms with Crippen molar-refractivity contribution in [2.24, 2.45) is 0 Å². The molecule has 0 aliphatic heterocycles. The summed E-state index contributed by atoms with van der Waals surface area (Å²) in [6.45, 7) is 7.36. The van der Waals surface area contributed by atoms with Crippen molar-refractivity contribution in [1.29, 1.82) is 0 Å². The number of carboxylic acid groups (broad SMARTS) is 1. The van der Waals surface area contributed by atoms with Gasteiger partial charge >= 0.3 is 5.97 Å². The second kappa shape index (κ2) is 6.64. The molecule has 1 amide bonds. The van der Waals surface area contributed by atoms with Gasteiger partial charge in [0.15, 0.2) is 0 Å². The molecule has 0 aliphatic carbocycles. The van der Waals surface area contributed by atoms with E-state index in [4.69, 9.17) is 5.11 Å². The summed E-state index contributed by atoms with van der Waals surface area (Å²) in [5, 5.41) is 15.8. The molecule has 0 saturated heterocycles. The fraction of sp³-hybridized carbons (Fsp3) is 0.353. The first-order valence-corrected chi connectivity index (χ1v) is 7.50. The maximum absolute atomic E-state index is 12.4. The van der Waals surface area contributed by atoms with Crippen molar-refractivity contribution in [3.05, 3.63) is 47.3 Å². The number of carbonyl (C=O) groups excluding carboxylic acids is 1. The maximum Gasteiger partial charge on any atom is 0.325 e. The molecule has 0 fully saturated rings. The van der Waals surface area contributed by atoms with Crippen molar-refractivity contribution in [2.45, 2.75) is 39.7 Å². The van der Waals surface area contributed by atoms with Crippen LogP contribution >= 0.6 is 0 Å². The average molecular weight is 315 g/mol. The summed E-state index contributed by atoms with van der Waals surface area (Å²) >= 11 is 0. The van der Waals surface area contributed by atoms with E-state index in [1.807, 2.05) is 45.0 Å². The number of nitrogens with zero attached hydrogens (tertiary/aromatic N) is 2. The Morgan fingerprint density at radius 1 is 1.22 bits per heavy atom. The van der Waals surface area contributed by atoms with Gasteiger partial charge in [0.05, 0.1) is 23.1 Å². The highest BCUT2D eigenvalue weighted by molar-refractivity contribution is 5.97. The summed E-state index contributed by atoms with van der Waals surface area (Å²) in [5.41, 5.74) is 3.11. The third kappa shape index (κ3) is 3.41. The number of rotatable bonds is 5. The zero-order chi connectivity index (χ0) is 17.1. The van der Waals surface area contributed by atoms with Crippen LogP contribution in [0.3, 0.4) is 0 Å². The van der Waals surface area contributed by atoms with Crippen molar-refractivity contribution in [2.75, 3.05) is 0 Å². The Morgan fingerprint density at radius 3 is 2.43 bits per heavy atom. The molecule has 1 heterocycles. The molecule has 23 heavy (non-hydrogen) atoms. The quantitative estimate of drug-likeness (QED) is 0.888. The van der Waals surface area contributed by atoms with Gasteiger partial charge in [-0.2, -0.15) is 5.10 Å². The molecule has 0 aliphatic rings. The van der Waals surface area contributed by atoms with E-state index in [1.165, 1.54) is 13.1 Å². The van der Waals surface area contributed by atoms with Gasteiger partial charge < -0.3 is 10.4 Å². The second-order valence-electron chi connectivity index (χ2n) is 5.83. The van der Waals surface area contributed by atoms with Crippen molar-refractivity contribution in [3.8, 4) is 5.69 Å². The third-order valence-corrected chi connectivity index (χ3v) is 3.66. The lowest BCUT2D eigenvalue weighted by molar-refractivity contribution is -0.138. The lowest BCUT2D eigenvalue weighted by atomic mass is 10.0. The van der Waals surface area contributed by atoms with Gasteiger partial charge in [-0.05, 0) is 31.4 Å². The Hall–Kier alpha value is -2.63. The maximum atomic E-state index is 12.4. The van der Waals surface area contributed by atoms with Gasteiger partial charge in [-0.15, -0.1) is 0 Å². The van der Waals surface area contributed by atoms with Crippen LogP contribution < -0.4 is 5.32 Å². The molecule has 2 rings (SSSR count). The van der Waals surface area contributed by atoms with Crippen molar-refractivity contribution < 1.29 is 14.7 Å². The molecular formula is C17H21N3O3. The third-order valence-electron chi connectivity index (χ3n) is 3.66. The molecule has 0 spiro atoms. The Bertz CT molecular complexity index is 734. The summed E-state index contributed by atoms with van der Waals surface area (Å²) in [6, 6.07) is 6.83. The fourth-order valence-electron chi connectivity index (χ4n) is 2.42. The van der Waals surface area contributed by atoms with Crippen LogP contribution in [-0.2, 0) is 4.79 Å². The van der Waals surface area contributed by atoms with E-state index in [2.05, 4.69) is 10.4 Å². The van der Waals surface area contributed by atoms with E-state index in [1.54, 1.807) is 4.68 Å². The minimum Gasteiger partial charge on any atom is -0.480 e. The Kier molecular flexibility index (Phi) is 4.83. The number of hydrogen-bond donors (Lipinski definition) is 2. The predicted octanol–water partition coefficient (Wildman–Crippen LogP) is 2.51. The molecule has 2 aromatic rings. The topological polar surface area (TPSA) is 84.2 Å². The summed E-state index contributed by atoms with van der Waals surface area (Å²) in [4.78, 5) is 23.3. The minimum absolute atomic E-state index is 0.0537. The number of amides is 1. The zero-order valence-electron chi connectivity index (χ0n) is 13.7. The first-order chi connectivity index (χ1) is 10.8. The van der Waals surface area contributed by atoms with Crippen LogP contribution in [0.25, 0.3) is 5.69 Å². The van der Waals surface area contributed by atoms with Gasteiger partial charge in [-0.25, -0.2) is 4.68 Å². The average Bonchev–Trinajstić information content (AvgIpc) is 2.92. The zero-order valence-corrected chi connectivity index (χ0v) is 13.7. The molecular weight excluding hydrogens is 294 g/mol. The molecule has 0 radical (unpaired) electrons. The molecule has 1 aromatic heterocycles. The van der Waals surface area contributed by atoms with Gasteiger partial charge in [0, 0.05) is 0 Å². The SMILES string of the molecule is Cc1ccccc1-n1ncc(C(=O)N[C@@H](C)C(=O)O)c1C(C)C. The predicted molar refractivity (Wildman–Crippen MR) is 87.0 cm³/mol. The van der Waals surface area contributed by atoms with E-state index < -0.39 is 17.9 Å². The normalized spacial score (nSPS) is 12.2. The number of carbonyl (C=O) groups is 2. The molecule has 0 bridgehead atoms. The highest BCUT2D eigenvalue weighted by Crippen LogP contribution is 2.24. The molecule has 1 aromatic carbocycles. The Morgan fingerprint density at radius 2 is 1.87 bits per heavy atom. The van der Waals surface area contributed by atoms with Crippen LogP contribution in [0.15, 0.2) is 30.5 Å². The Labute approximate surface area is 135 Å². The molecule has 122 valence electrons. The number of aromatic nitrogens is 2. The van der Waals surface area contributed by atoms with Crippen LogP contribution in [0.2, 0.25) is 0 Å². The number of para-hydroxylation sites is 1. The lowest BCUT2D eigenvalue weighted by Gasteiger charge is -2.15. The summed E-state index contributed by atoms with van der Waals surface area (Å²) in [7, 11) is 0. The smallest absolute Gasteiger partial charge is 0.325 e. The van der Waals surface area contributed by atoms with Gasteiger partial charge in [-0.3, -0.25) is 9.59 Å². The van der Waals surface area contributed by atoms with Crippen LogP contribution in [0.1, 0.15) is 48.3 Å². The molecule has 2 N–H and O–H groups in total. The largest absolute Gasteiger partial charge is 0.480 e. The van der Waals surface area contributed by atoms with E-state index >= 15 is 0 Å². The van der Waals surface area contributed by atoms with Crippen LogP contribution in [-0.4, -0.2) is 32.8 Å². The number of carboxylic acids is 1. The highest BCUT2D eigenvalue weighted by atomic mass is 16.4. The van der Waals surface area contributed by atoms with Gasteiger partial charge in [0.1, 0.15) is 6.04 Å². The van der Waals surface area contributed by atoms with Gasteiger partial charge in [0.2, 0.25) is 0 Å². The van der Waals surface area contributed by atoms with Crippen molar-refractivity contribution in [3.63, 3.8) is 0 Å². The van der Waals surface area contributed by atoms with E-state index in [-0.39, 0.29) is 5.92 Å². The molecule has 0 unspecified atom stereocenters. The van der Waals surface area contributed by atoms with E-state index in [9.17, 15) is 9.59 Å². The summed E-state index contributed by atoms with van der Waals surface area (Å²) in [5.74, 6) is -1.45. The molecule has 1 atom stereocenters. The Balaban J connectivity index is 2.46. The van der Waals surface area contributed by atoms with Crippen LogP contribution in [0.5, 0.6) is 0 Å². The molecule has 6 heteroatoms. The lowest BCUT2D eigenvalue weighted by Crippen LogP contribution is -2.38. The summed E-state index contributed by atoms with van der Waals surface area (Å²) < 4.78 is 1.75. The van der Waals surface area contributed by atoms with Crippen molar-refractivity contribution >= 4 is 11.9 Å². The monoisotopic (exact) mass is 315 g/mol. The number of aliphatic carboxylic acids is 1. The molecule has 0 saturated carbocycles. The van der Waals surface area contributed by atoms with Crippen LogP contribution in [0, 0.1) is 6.92 Å². The van der Waals surface area contributed by atoms with Crippen molar-refractivity contribution in [1.82, 2.24) is 15.1 Å². The van der Waals surface area contributed by atoms with Gasteiger partial charge in [0.25, 0.3) is 5.91 Å². The highest BCUT2D eigenvalue weighted by Gasteiger charge is 2.23.